The Balaban J connectivity index is 1.32. The lowest BCUT2D eigenvalue weighted by Crippen LogP contribution is -2.41. The molecule has 4 heterocycles. The number of nitrogens with zero attached hydrogens (tertiary/aromatic N) is 5. The third-order valence-electron chi connectivity index (χ3n) is 7.98. The molecular weight excluding hydrogens is 464 g/mol. The average molecular weight is 501 g/mol. The predicted octanol–water partition coefficient (Wildman–Crippen LogP) is 4.56. The Hall–Kier alpha value is -3.68. The lowest BCUT2D eigenvalue weighted by molar-refractivity contribution is 0.0977. The summed E-state index contributed by atoms with van der Waals surface area (Å²) in [6.07, 6.45) is 7.59. The van der Waals surface area contributed by atoms with E-state index in [1.54, 1.807) is 0 Å². The molecule has 0 aliphatic carbocycles. The quantitative estimate of drug-likeness (QED) is 0.501. The van der Waals surface area contributed by atoms with Crippen molar-refractivity contribution in [3.8, 4) is 0 Å². The summed E-state index contributed by atoms with van der Waals surface area (Å²) in [7, 11) is 0. The van der Waals surface area contributed by atoms with Gasteiger partial charge in [-0.3, -0.25) is 9.36 Å². The van der Waals surface area contributed by atoms with Crippen LogP contribution in [0.3, 0.4) is 0 Å². The number of piperidine rings is 1. The molecule has 194 valence electrons. The number of aryl methyl sites for hydroxylation is 1. The van der Waals surface area contributed by atoms with Gasteiger partial charge in [0.15, 0.2) is 0 Å². The van der Waals surface area contributed by atoms with E-state index in [1.807, 2.05) is 46.7 Å². The molecule has 1 amide bonds. The topological polar surface area (TPSA) is 87.1 Å². The van der Waals surface area contributed by atoms with Crippen LogP contribution < -0.4 is 15.5 Å². The highest BCUT2D eigenvalue weighted by Gasteiger charge is 2.34. The van der Waals surface area contributed by atoms with Crippen molar-refractivity contribution in [1.82, 2.24) is 19.5 Å². The summed E-state index contributed by atoms with van der Waals surface area (Å²) in [5, 5.41) is 0. The van der Waals surface area contributed by atoms with Crippen LogP contribution in [0.2, 0.25) is 0 Å². The number of H-pyrrole nitrogens is 1. The van der Waals surface area contributed by atoms with Crippen molar-refractivity contribution in [1.29, 1.82) is 0 Å². The number of hydrogen-bond donors (Lipinski definition) is 1. The molecule has 1 N–H and O–H groups in total. The van der Waals surface area contributed by atoms with Gasteiger partial charge in [-0.2, -0.15) is 0 Å². The molecule has 3 aromatic rings. The third-order valence-corrected chi connectivity index (χ3v) is 7.98. The van der Waals surface area contributed by atoms with Gasteiger partial charge in [-0.15, -0.1) is 6.58 Å². The molecule has 8 nitrogen and oxygen atoms in total. The molecule has 1 aromatic carbocycles. The van der Waals surface area contributed by atoms with Gasteiger partial charge < -0.3 is 14.8 Å². The molecule has 0 radical (unpaired) electrons. The molecule has 1 fully saturated rings. The number of amides is 1. The van der Waals surface area contributed by atoms with Crippen molar-refractivity contribution in [3.63, 3.8) is 0 Å². The zero-order valence-electron chi connectivity index (χ0n) is 22.0. The summed E-state index contributed by atoms with van der Waals surface area (Å²) in [6.45, 7) is 12.4. The van der Waals surface area contributed by atoms with E-state index < -0.39 is 0 Å². The van der Waals surface area contributed by atoms with E-state index in [2.05, 4.69) is 46.3 Å². The summed E-state index contributed by atoms with van der Waals surface area (Å²) in [4.78, 5) is 42.1. The van der Waals surface area contributed by atoms with Gasteiger partial charge in [0.1, 0.15) is 17.8 Å². The Labute approximate surface area is 218 Å². The first-order valence-corrected chi connectivity index (χ1v) is 13.2. The number of carbonyl (C=O) groups is 1. The summed E-state index contributed by atoms with van der Waals surface area (Å²) < 4.78 is 1.94. The van der Waals surface area contributed by atoms with Gasteiger partial charge in [-0.25, -0.2) is 14.8 Å². The molecular formula is C29H36N6O2. The van der Waals surface area contributed by atoms with Gasteiger partial charge in [0.2, 0.25) is 0 Å². The second-order valence-corrected chi connectivity index (χ2v) is 10.8. The number of aromatic nitrogens is 4. The molecule has 0 atom stereocenters. The van der Waals surface area contributed by atoms with Crippen LogP contribution in [0.15, 0.2) is 54.1 Å². The molecule has 2 aliphatic rings. The Morgan fingerprint density at radius 1 is 1.19 bits per heavy atom. The number of anilines is 2. The highest BCUT2D eigenvalue weighted by atomic mass is 16.2. The van der Waals surface area contributed by atoms with Crippen LogP contribution in [0.1, 0.15) is 73.0 Å². The molecule has 2 aromatic heterocycles. The molecule has 1 saturated heterocycles. The van der Waals surface area contributed by atoms with Crippen molar-refractivity contribution < 1.29 is 4.79 Å². The second-order valence-electron chi connectivity index (χ2n) is 10.8. The number of imidazole rings is 1. The number of para-hydroxylation sites is 1. The molecule has 5 rings (SSSR count). The fourth-order valence-corrected chi connectivity index (χ4v) is 5.80. The summed E-state index contributed by atoms with van der Waals surface area (Å²) >= 11 is 0. The first-order chi connectivity index (χ1) is 17.8. The number of fused-ring (bicyclic) bond motifs is 1. The molecule has 0 bridgehead atoms. The first kappa shape index (κ1) is 25.0. The van der Waals surface area contributed by atoms with Crippen LogP contribution in [0.25, 0.3) is 0 Å². The minimum absolute atomic E-state index is 0.0278. The Kier molecular flexibility index (Phi) is 6.75. The maximum absolute atomic E-state index is 13.6. The van der Waals surface area contributed by atoms with E-state index in [0.717, 1.165) is 68.1 Å². The minimum atomic E-state index is -0.0947. The Morgan fingerprint density at radius 3 is 2.70 bits per heavy atom. The Bertz CT molecular complexity index is 1360. The van der Waals surface area contributed by atoms with Gasteiger partial charge in [0, 0.05) is 48.8 Å². The number of nitrogens with one attached hydrogen (secondary N) is 1. The van der Waals surface area contributed by atoms with E-state index >= 15 is 0 Å². The zero-order chi connectivity index (χ0) is 26.2. The number of rotatable bonds is 6. The molecule has 37 heavy (non-hydrogen) atoms. The summed E-state index contributed by atoms with van der Waals surface area (Å²) in [6, 6.07) is 10.1. The highest BCUT2D eigenvalue weighted by molar-refractivity contribution is 6.06. The fraction of sp³-hybridized carbons (Fsp3) is 0.448. The number of allylic oxidation sites excluding steroid dienone is 1. The van der Waals surface area contributed by atoms with Crippen molar-refractivity contribution in [3.05, 3.63) is 82.4 Å². The normalized spacial score (nSPS) is 17.5. The molecule has 0 spiro atoms. The maximum atomic E-state index is 13.6. The average Bonchev–Trinajstić information content (AvgIpc) is 3.19. The number of hydrogen-bond acceptors (Lipinski definition) is 5. The summed E-state index contributed by atoms with van der Waals surface area (Å²) in [5.41, 5.74) is 4.57. The minimum Gasteiger partial charge on any atom is -0.356 e. The van der Waals surface area contributed by atoms with Gasteiger partial charge in [0.25, 0.3) is 5.91 Å². The predicted molar refractivity (Wildman–Crippen MR) is 147 cm³/mol. The largest absolute Gasteiger partial charge is 0.356 e. The van der Waals surface area contributed by atoms with Crippen LogP contribution in [-0.4, -0.2) is 45.1 Å². The van der Waals surface area contributed by atoms with Crippen molar-refractivity contribution in [2.45, 2.75) is 64.3 Å². The standard InChI is InChI=1S/C29H36N6O2/c1-5-6-10-24-20(2)32-28(37)35(24)21-12-15-33(16-13-21)26-18-23(30-19-31-26)27(36)34-17-14-29(3,4)22-9-7-8-11-25(22)34/h5,7-9,11,18-19,21H,1,6,10,12-17H2,2-4H3,(H,32,37). The van der Waals surface area contributed by atoms with Crippen LogP contribution in [0.5, 0.6) is 0 Å². The third kappa shape index (κ3) is 4.72. The Morgan fingerprint density at radius 2 is 1.95 bits per heavy atom. The van der Waals surface area contributed by atoms with E-state index in [-0.39, 0.29) is 23.1 Å². The van der Waals surface area contributed by atoms with Gasteiger partial charge in [-0.05, 0) is 56.1 Å². The van der Waals surface area contributed by atoms with Crippen molar-refractivity contribution in [2.24, 2.45) is 0 Å². The van der Waals surface area contributed by atoms with Crippen molar-refractivity contribution in [2.75, 3.05) is 29.4 Å². The maximum Gasteiger partial charge on any atom is 0.326 e. The van der Waals surface area contributed by atoms with E-state index in [9.17, 15) is 9.59 Å². The van der Waals surface area contributed by atoms with Gasteiger partial charge in [0.05, 0.1) is 0 Å². The lowest BCUT2D eigenvalue weighted by atomic mass is 9.77. The lowest BCUT2D eigenvalue weighted by Gasteiger charge is -2.39. The zero-order valence-corrected chi connectivity index (χ0v) is 22.0. The van der Waals surface area contributed by atoms with Gasteiger partial charge in [-0.1, -0.05) is 38.1 Å². The van der Waals surface area contributed by atoms with Crippen molar-refractivity contribution >= 4 is 17.4 Å². The highest BCUT2D eigenvalue weighted by Crippen LogP contribution is 2.40. The van der Waals surface area contributed by atoms with Crippen LogP contribution >= 0.6 is 0 Å². The van der Waals surface area contributed by atoms with Crippen LogP contribution in [-0.2, 0) is 11.8 Å². The fourth-order valence-electron chi connectivity index (χ4n) is 5.80. The smallest absolute Gasteiger partial charge is 0.326 e. The van der Waals surface area contributed by atoms with Gasteiger partial charge >= 0.3 is 5.69 Å². The number of benzene rings is 1. The van der Waals surface area contributed by atoms with Crippen LogP contribution in [0.4, 0.5) is 11.5 Å². The van der Waals surface area contributed by atoms with E-state index in [4.69, 9.17) is 0 Å². The summed E-state index contributed by atoms with van der Waals surface area (Å²) in [5.74, 6) is 0.662. The second kappa shape index (κ2) is 10.00. The number of aromatic amines is 1. The monoisotopic (exact) mass is 500 g/mol. The first-order valence-electron chi connectivity index (χ1n) is 13.2. The molecule has 0 saturated carbocycles. The van der Waals surface area contributed by atoms with E-state index in [1.165, 1.54) is 11.9 Å². The van der Waals surface area contributed by atoms with Crippen LogP contribution in [0, 0.1) is 6.92 Å². The number of carbonyl (C=O) groups excluding carboxylic acids is 1. The molecule has 0 unspecified atom stereocenters. The molecule has 2 aliphatic heterocycles. The van der Waals surface area contributed by atoms with E-state index in [0.29, 0.717) is 12.2 Å². The molecule has 8 heteroatoms. The SMILES string of the molecule is C=CCCc1c(C)[nH]c(=O)n1C1CCN(c2cc(C(=O)N3CCC(C)(C)c4ccccc43)ncn2)CC1.